The van der Waals surface area contributed by atoms with Crippen LogP contribution >= 0.6 is 0 Å². The second kappa shape index (κ2) is 5.03. The molecule has 0 spiro atoms. The number of hydrogen-bond acceptors (Lipinski definition) is 3. The minimum Gasteiger partial charge on any atom is -0.381 e. The molecule has 2 atom stereocenters. The molecule has 2 unspecified atom stereocenters. The van der Waals surface area contributed by atoms with Crippen LogP contribution in [0.1, 0.15) is 24.8 Å². The molecule has 0 heterocycles. The lowest BCUT2D eigenvalue weighted by Gasteiger charge is -2.20. The lowest BCUT2D eigenvalue weighted by atomic mass is 10.2. The molecular formula is C14H17NO2S. The van der Waals surface area contributed by atoms with Crippen LogP contribution in [0.4, 0.5) is 5.69 Å². The zero-order chi connectivity index (χ0) is 13.2. The van der Waals surface area contributed by atoms with Crippen LogP contribution in [0.25, 0.3) is 0 Å². The number of benzene rings is 1. The maximum Gasteiger partial charge on any atom is 0.152 e. The highest BCUT2D eigenvalue weighted by atomic mass is 32.2. The van der Waals surface area contributed by atoms with E-state index >= 15 is 0 Å². The van der Waals surface area contributed by atoms with E-state index in [0.717, 1.165) is 30.5 Å². The molecule has 0 saturated heterocycles. The van der Waals surface area contributed by atoms with Gasteiger partial charge in [-0.25, -0.2) is 8.42 Å². The van der Waals surface area contributed by atoms with Gasteiger partial charge in [0.05, 0.1) is 5.25 Å². The Morgan fingerprint density at radius 1 is 1.39 bits per heavy atom. The van der Waals surface area contributed by atoms with Crippen molar-refractivity contribution in [3.8, 4) is 12.3 Å². The highest BCUT2D eigenvalue weighted by Crippen LogP contribution is 2.28. The van der Waals surface area contributed by atoms with Crippen molar-refractivity contribution in [1.29, 1.82) is 0 Å². The molecule has 4 heteroatoms. The van der Waals surface area contributed by atoms with E-state index in [-0.39, 0.29) is 11.3 Å². The van der Waals surface area contributed by atoms with Crippen molar-refractivity contribution in [3.63, 3.8) is 0 Å². The van der Waals surface area contributed by atoms with Gasteiger partial charge in [-0.1, -0.05) is 12.0 Å². The van der Waals surface area contributed by atoms with Gasteiger partial charge in [0.1, 0.15) is 0 Å². The number of nitrogens with one attached hydrogen (secondary N) is 1. The van der Waals surface area contributed by atoms with E-state index < -0.39 is 9.84 Å². The maximum absolute atomic E-state index is 11.7. The van der Waals surface area contributed by atoms with Gasteiger partial charge in [0.2, 0.25) is 0 Å². The molecule has 0 amide bonds. The predicted molar refractivity (Wildman–Crippen MR) is 74.3 cm³/mol. The first-order valence-corrected chi connectivity index (χ1v) is 7.98. The minimum atomic E-state index is -2.99. The van der Waals surface area contributed by atoms with E-state index in [1.165, 1.54) is 6.26 Å². The molecule has 2 rings (SSSR count). The molecule has 1 saturated carbocycles. The summed E-state index contributed by atoms with van der Waals surface area (Å²) >= 11 is 0. The fourth-order valence-corrected chi connectivity index (χ4v) is 3.91. The maximum atomic E-state index is 11.7. The fraction of sp³-hybridized carbons (Fsp3) is 0.429. The van der Waals surface area contributed by atoms with Gasteiger partial charge in [-0.15, -0.1) is 6.42 Å². The Bertz CT molecular complexity index is 572. The predicted octanol–water partition coefficient (Wildman–Crippen LogP) is 2.05. The van der Waals surface area contributed by atoms with Crippen molar-refractivity contribution in [3.05, 3.63) is 29.8 Å². The van der Waals surface area contributed by atoms with Crippen molar-refractivity contribution >= 4 is 15.5 Å². The molecular weight excluding hydrogens is 246 g/mol. The van der Waals surface area contributed by atoms with E-state index in [9.17, 15) is 8.42 Å². The summed E-state index contributed by atoms with van der Waals surface area (Å²) in [6.07, 6.45) is 9.24. The minimum absolute atomic E-state index is 0.00646. The Hall–Kier alpha value is -1.47. The topological polar surface area (TPSA) is 46.2 Å². The normalized spacial score (nSPS) is 23.6. The SMILES string of the molecule is C#Cc1cccc(NC2CCCC2S(C)(=O)=O)c1. The monoisotopic (exact) mass is 263 g/mol. The molecule has 1 N–H and O–H groups in total. The summed E-state index contributed by atoms with van der Waals surface area (Å²) < 4.78 is 23.4. The second-order valence-electron chi connectivity index (χ2n) is 4.77. The molecule has 18 heavy (non-hydrogen) atoms. The molecule has 0 aromatic heterocycles. The van der Waals surface area contributed by atoms with Crippen molar-refractivity contribution in [2.24, 2.45) is 0 Å². The average Bonchev–Trinajstić information content (AvgIpc) is 2.77. The Labute approximate surface area is 109 Å². The van der Waals surface area contributed by atoms with Crippen LogP contribution in [0.15, 0.2) is 24.3 Å². The first-order chi connectivity index (χ1) is 8.50. The number of rotatable bonds is 3. The average molecular weight is 263 g/mol. The van der Waals surface area contributed by atoms with Crippen LogP contribution in [0.5, 0.6) is 0 Å². The van der Waals surface area contributed by atoms with Crippen molar-refractivity contribution in [1.82, 2.24) is 0 Å². The zero-order valence-corrected chi connectivity index (χ0v) is 11.2. The van der Waals surface area contributed by atoms with E-state index in [2.05, 4.69) is 11.2 Å². The Balaban J connectivity index is 2.16. The first kappa shape index (κ1) is 13.0. The largest absolute Gasteiger partial charge is 0.381 e. The highest BCUT2D eigenvalue weighted by molar-refractivity contribution is 7.91. The van der Waals surface area contributed by atoms with E-state index in [1.54, 1.807) is 0 Å². The summed E-state index contributed by atoms with van der Waals surface area (Å²) in [6, 6.07) is 7.51. The number of terminal acetylenes is 1. The molecule has 0 radical (unpaired) electrons. The lowest BCUT2D eigenvalue weighted by molar-refractivity contribution is 0.579. The van der Waals surface area contributed by atoms with Gasteiger partial charge < -0.3 is 5.32 Å². The zero-order valence-electron chi connectivity index (χ0n) is 10.4. The van der Waals surface area contributed by atoms with Gasteiger partial charge in [-0.05, 0) is 37.5 Å². The van der Waals surface area contributed by atoms with Crippen LogP contribution in [0, 0.1) is 12.3 Å². The van der Waals surface area contributed by atoms with Gasteiger partial charge in [0.15, 0.2) is 9.84 Å². The molecule has 1 aromatic rings. The molecule has 1 aliphatic carbocycles. The highest BCUT2D eigenvalue weighted by Gasteiger charge is 2.34. The van der Waals surface area contributed by atoms with Crippen LogP contribution in [-0.4, -0.2) is 26.0 Å². The van der Waals surface area contributed by atoms with Crippen LogP contribution < -0.4 is 5.32 Å². The Morgan fingerprint density at radius 3 is 2.83 bits per heavy atom. The molecule has 1 fully saturated rings. The number of sulfone groups is 1. The van der Waals surface area contributed by atoms with Crippen LogP contribution in [0.3, 0.4) is 0 Å². The number of anilines is 1. The summed E-state index contributed by atoms with van der Waals surface area (Å²) in [6.45, 7) is 0. The standard InChI is InChI=1S/C14H17NO2S/c1-3-11-6-4-7-12(10-11)15-13-8-5-9-14(13)18(2,16)17/h1,4,6-7,10,13-15H,5,8-9H2,2H3. The molecule has 0 aliphatic heterocycles. The van der Waals surface area contributed by atoms with Crippen LogP contribution in [0.2, 0.25) is 0 Å². The quantitative estimate of drug-likeness (QED) is 0.849. The van der Waals surface area contributed by atoms with E-state index in [4.69, 9.17) is 6.42 Å². The summed E-state index contributed by atoms with van der Waals surface area (Å²) in [7, 11) is -2.99. The molecule has 1 aliphatic rings. The van der Waals surface area contributed by atoms with Gasteiger partial charge >= 0.3 is 0 Å². The molecule has 1 aromatic carbocycles. The van der Waals surface area contributed by atoms with Gasteiger partial charge in [0.25, 0.3) is 0 Å². The molecule has 0 bridgehead atoms. The summed E-state index contributed by atoms with van der Waals surface area (Å²) in [4.78, 5) is 0. The smallest absolute Gasteiger partial charge is 0.152 e. The Kier molecular flexibility index (Phi) is 3.63. The molecule has 96 valence electrons. The Morgan fingerprint density at radius 2 is 2.17 bits per heavy atom. The van der Waals surface area contributed by atoms with E-state index in [0.29, 0.717) is 0 Å². The summed E-state index contributed by atoms with van der Waals surface area (Å²) in [5.41, 5.74) is 1.69. The van der Waals surface area contributed by atoms with Gasteiger partial charge in [-0.2, -0.15) is 0 Å². The van der Waals surface area contributed by atoms with Crippen molar-refractivity contribution < 1.29 is 8.42 Å². The summed E-state index contributed by atoms with van der Waals surface area (Å²) in [5.74, 6) is 2.58. The van der Waals surface area contributed by atoms with Gasteiger partial charge in [-0.3, -0.25) is 0 Å². The van der Waals surface area contributed by atoms with Crippen LogP contribution in [-0.2, 0) is 9.84 Å². The fourth-order valence-electron chi connectivity index (χ4n) is 2.52. The first-order valence-electron chi connectivity index (χ1n) is 6.03. The summed E-state index contributed by atoms with van der Waals surface area (Å²) in [5, 5.41) is 3.01. The van der Waals surface area contributed by atoms with Gasteiger partial charge in [0, 0.05) is 23.5 Å². The third-order valence-corrected chi connectivity index (χ3v) is 5.05. The number of hydrogen-bond donors (Lipinski definition) is 1. The lowest BCUT2D eigenvalue weighted by Crippen LogP contribution is -2.34. The van der Waals surface area contributed by atoms with Crippen molar-refractivity contribution in [2.45, 2.75) is 30.6 Å². The molecule has 3 nitrogen and oxygen atoms in total. The third-order valence-electron chi connectivity index (χ3n) is 3.38. The van der Waals surface area contributed by atoms with Crippen molar-refractivity contribution in [2.75, 3.05) is 11.6 Å². The third kappa shape index (κ3) is 2.85. The van der Waals surface area contributed by atoms with E-state index in [1.807, 2.05) is 24.3 Å². The second-order valence-corrected chi connectivity index (χ2v) is 7.04.